The maximum atomic E-state index is 10.9. The van der Waals surface area contributed by atoms with Crippen LogP contribution in [0.1, 0.15) is 33.1 Å². The predicted octanol–water partition coefficient (Wildman–Crippen LogP) is 0.833. The Bertz CT molecular complexity index is 183. The Labute approximate surface area is 99.8 Å². The molecule has 0 aromatic rings. The smallest absolute Gasteiger partial charge is 0.219 e. The quantitative estimate of drug-likeness (QED) is 0.576. The molecular formula is C12H27N3O. The second kappa shape index (κ2) is 9.60. The van der Waals surface area contributed by atoms with Crippen molar-refractivity contribution in [3.8, 4) is 0 Å². The van der Waals surface area contributed by atoms with Crippen LogP contribution in [0.5, 0.6) is 0 Å². The first-order valence-electron chi connectivity index (χ1n) is 6.19. The molecule has 4 heteroatoms. The van der Waals surface area contributed by atoms with Crippen LogP contribution in [-0.2, 0) is 4.79 Å². The number of carbonyl (C=O) groups excluding carboxylic acids is 1. The van der Waals surface area contributed by atoms with Gasteiger partial charge in [-0.15, -0.1) is 0 Å². The molecule has 4 nitrogen and oxygen atoms in total. The van der Waals surface area contributed by atoms with Crippen LogP contribution in [-0.4, -0.2) is 50.6 Å². The van der Waals surface area contributed by atoms with Crippen molar-refractivity contribution in [1.82, 2.24) is 15.5 Å². The van der Waals surface area contributed by atoms with E-state index < -0.39 is 0 Å². The maximum Gasteiger partial charge on any atom is 0.219 e. The molecule has 0 aliphatic rings. The van der Waals surface area contributed by atoms with Gasteiger partial charge in [0.05, 0.1) is 0 Å². The molecular weight excluding hydrogens is 202 g/mol. The van der Waals surface area contributed by atoms with E-state index in [0.717, 1.165) is 32.5 Å². The molecule has 0 unspecified atom stereocenters. The number of carbonyl (C=O) groups is 1. The van der Waals surface area contributed by atoms with Crippen LogP contribution < -0.4 is 10.6 Å². The summed E-state index contributed by atoms with van der Waals surface area (Å²) in [4.78, 5) is 13.3. The van der Waals surface area contributed by atoms with Crippen LogP contribution >= 0.6 is 0 Å². The third-order valence-electron chi connectivity index (χ3n) is 2.78. The van der Waals surface area contributed by atoms with Crippen LogP contribution in [0.3, 0.4) is 0 Å². The standard InChI is InChI=1S/C12H27N3O/c1-11(2)15(4)10-6-9-14-8-5-7-12(16)13-3/h11,14H,5-10H2,1-4H3,(H,13,16). The van der Waals surface area contributed by atoms with Gasteiger partial charge in [0.25, 0.3) is 0 Å². The van der Waals surface area contributed by atoms with E-state index >= 15 is 0 Å². The van der Waals surface area contributed by atoms with Crippen LogP contribution in [0.15, 0.2) is 0 Å². The van der Waals surface area contributed by atoms with Gasteiger partial charge in [-0.25, -0.2) is 0 Å². The second-order valence-corrected chi connectivity index (χ2v) is 4.45. The summed E-state index contributed by atoms with van der Waals surface area (Å²) in [5, 5.41) is 5.97. The first-order valence-corrected chi connectivity index (χ1v) is 6.19. The molecule has 0 atom stereocenters. The number of rotatable bonds is 9. The molecule has 0 bridgehead atoms. The average molecular weight is 229 g/mol. The van der Waals surface area contributed by atoms with Gasteiger partial charge in [-0.1, -0.05) is 0 Å². The number of hydrogen-bond donors (Lipinski definition) is 2. The lowest BCUT2D eigenvalue weighted by Crippen LogP contribution is -2.30. The Morgan fingerprint density at radius 2 is 1.88 bits per heavy atom. The molecule has 0 radical (unpaired) electrons. The lowest BCUT2D eigenvalue weighted by Gasteiger charge is -2.20. The van der Waals surface area contributed by atoms with Crippen molar-refractivity contribution < 1.29 is 4.79 Å². The Hall–Kier alpha value is -0.610. The molecule has 0 fully saturated rings. The molecule has 2 N–H and O–H groups in total. The Morgan fingerprint density at radius 1 is 1.25 bits per heavy atom. The van der Waals surface area contributed by atoms with E-state index in [-0.39, 0.29) is 5.91 Å². The van der Waals surface area contributed by atoms with Gasteiger partial charge in [0.15, 0.2) is 0 Å². The van der Waals surface area contributed by atoms with E-state index in [2.05, 4.69) is 36.4 Å². The molecule has 16 heavy (non-hydrogen) atoms. The maximum absolute atomic E-state index is 10.9. The summed E-state index contributed by atoms with van der Waals surface area (Å²) in [7, 11) is 3.83. The molecule has 0 saturated carbocycles. The summed E-state index contributed by atoms with van der Waals surface area (Å²) in [6.45, 7) is 7.50. The van der Waals surface area contributed by atoms with Gasteiger partial charge >= 0.3 is 0 Å². The number of nitrogens with one attached hydrogen (secondary N) is 2. The summed E-state index contributed by atoms with van der Waals surface area (Å²) < 4.78 is 0. The third kappa shape index (κ3) is 8.68. The average Bonchev–Trinajstić information content (AvgIpc) is 2.26. The van der Waals surface area contributed by atoms with Gasteiger partial charge < -0.3 is 15.5 Å². The van der Waals surface area contributed by atoms with Gasteiger partial charge in [0.1, 0.15) is 0 Å². The van der Waals surface area contributed by atoms with Gasteiger partial charge in [-0.05, 0) is 53.4 Å². The third-order valence-corrected chi connectivity index (χ3v) is 2.78. The van der Waals surface area contributed by atoms with Crippen molar-refractivity contribution in [1.29, 1.82) is 0 Å². The van der Waals surface area contributed by atoms with Crippen LogP contribution in [0.4, 0.5) is 0 Å². The van der Waals surface area contributed by atoms with Gasteiger partial charge in [-0.3, -0.25) is 4.79 Å². The Balaban J connectivity index is 3.19. The van der Waals surface area contributed by atoms with Crippen molar-refractivity contribution in [2.24, 2.45) is 0 Å². The fourth-order valence-corrected chi connectivity index (χ4v) is 1.34. The number of amides is 1. The fourth-order valence-electron chi connectivity index (χ4n) is 1.34. The lowest BCUT2D eigenvalue weighted by molar-refractivity contribution is -0.120. The minimum absolute atomic E-state index is 0.126. The first kappa shape index (κ1) is 15.4. The molecule has 0 aromatic carbocycles. The topological polar surface area (TPSA) is 44.4 Å². The molecule has 0 aromatic heterocycles. The molecule has 0 spiro atoms. The Morgan fingerprint density at radius 3 is 2.44 bits per heavy atom. The highest BCUT2D eigenvalue weighted by Crippen LogP contribution is 1.94. The molecule has 96 valence electrons. The summed E-state index contributed by atoms with van der Waals surface area (Å²) in [5.74, 6) is 0.126. The number of nitrogens with zero attached hydrogens (tertiary/aromatic N) is 1. The van der Waals surface area contributed by atoms with E-state index in [1.54, 1.807) is 7.05 Å². The minimum Gasteiger partial charge on any atom is -0.359 e. The highest BCUT2D eigenvalue weighted by atomic mass is 16.1. The van der Waals surface area contributed by atoms with Crippen molar-refractivity contribution >= 4 is 5.91 Å². The minimum atomic E-state index is 0.126. The van der Waals surface area contributed by atoms with Gasteiger partial charge in [-0.2, -0.15) is 0 Å². The summed E-state index contributed by atoms with van der Waals surface area (Å²) in [6, 6.07) is 0.619. The summed E-state index contributed by atoms with van der Waals surface area (Å²) in [5.41, 5.74) is 0. The van der Waals surface area contributed by atoms with E-state index in [0.29, 0.717) is 12.5 Å². The SMILES string of the molecule is CNC(=O)CCCNCCCN(C)C(C)C. The zero-order valence-electron chi connectivity index (χ0n) is 11.2. The van der Waals surface area contributed by atoms with Crippen LogP contribution in [0.2, 0.25) is 0 Å². The molecule has 0 aliphatic heterocycles. The largest absolute Gasteiger partial charge is 0.359 e. The zero-order valence-corrected chi connectivity index (χ0v) is 11.2. The lowest BCUT2D eigenvalue weighted by atomic mass is 10.3. The molecule has 0 saturated heterocycles. The monoisotopic (exact) mass is 229 g/mol. The Kier molecular flexibility index (Phi) is 9.24. The van der Waals surface area contributed by atoms with Crippen LogP contribution in [0.25, 0.3) is 0 Å². The highest BCUT2D eigenvalue weighted by molar-refractivity contribution is 5.75. The normalized spacial score (nSPS) is 11.1. The predicted molar refractivity (Wildman–Crippen MR) is 68.6 cm³/mol. The molecule has 0 heterocycles. The summed E-state index contributed by atoms with van der Waals surface area (Å²) >= 11 is 0. The van der Waals surface area contributed by atoms with Crippen LogP contribution in [0, 0.1) is 0 Å². The molecule has 0 aliphatic carbocycles. The number of hydrogen-bond acceptors (Lipinski definition) is 3. The van der Waals surface area contributed by atoms with E-state index in [4.69, 9.17) is 0 Å². The molecule has 1 amide bonds. The zero-order chi connectivity index (χ0) is 12.4. The summed E-state index contributed by atoms with van der Waals surface area (Å²) in [6.07, 6.45) is 2.70. The van der Waals surface area contributed by atoms with E-state index in [9.17, 15) is 4.79 Å². The fraction of sp³-hybridized carbons (Fsp3) is 0.917. The van der Waals surface area contributed by atoms with Crippen molar-refractivity contribution in [2.45, 2.75) is 39.2 Å². The molecule has 0 rings (SSSR count). The van der Waals surface area contributed by atoms with Gasteiger partial charge in [0, 0.05) is 19.5 Å². The van der Waals surface area contributed by atoms with Crippen molar-refractivity contribution in [3.63, 3.8) is 0 Å². The van der Waals surface area contributed by atoms with E-state index in [1.165, 1.54) is 0 Å². The highest BCUT2D eigenvalue weighted by Gasteiger charge is 2.01. The van der Waals surface area contributed by atoms with Crippen molar-refractivity contribution in [2.75, 3.05) is 33.7 Å². The van der Waals surface area contributed by atoms with Gasteiger partial charge in [0.2, 0.25) is 5.91 Å². The van der Waals surface area contributed by atoms with E-state index in [1.807, 2.05) is 0 Å². The first-order chi connectivity index (χ1) is 7.57. The second-order valence-electron chi connectivity index (χ2n) is 4.45. The van der Waals surface area contributed by atoms with Crippen molar-refractivity contribution in [3.05, 3.63) is 0 Å².